The molecule has 0 spiro atoms. The van der Waals surface area contributed by atoms with Crippen LogP contribution in [0.5, 0.6) is 0 Å². The van der Waals surface area contributed by atoms with E-state index < -0.39 is 0 Å². The van der Waals surface area contributed by atoms with Crippen LogP contribution >= 0.6 is 0 Å². The quantitative estimate of drug-likeness (QED) is 0.0954. The van der Waals surface area contributed by atoms with Crippen LogP contribution in [0.1, 0.15) is 11.1 Å². The van der Waals surface area contributed by atoms with Gasteiger partial charge < -0.3 is 9.80 Å². The highest BCUT2D eigenvalue weighted by Crippen LogP contribution is 2.53. The van der Waals surface area contributed by atoms with E-state index in [9.17, 15) is 0 Å². The monoisotopic (exact) mass is 1530 g/mol. The molecule has 0 N–H and O–H groups in total. The molecule has 0 saturated carbocycles. The van der Waals surface area contributed by atoms with Gasteiger partial charge in [0.2, 0.25) is 0 Å². The topological polar surface area (TPSA) is 57.5 Å². The Hall–Kier alpha value is -15.8. The minimum Gasteiger partial charge on any atom is -0.311 e. The molecule has 560 valence electrons. The fraction of sp³-hybridized carbons (Fsp3) is 0.0175. The Morgan fingerprint density at radius 2 is 0.792 bits per heavy atom. The second-order valence-electron chi connectivity index (χ2n) is 31.5. The molecule has 2 atom stereocenters. The summed E-state index contributed by atoms with van der Waals surface area (Å²) < 4.78 is 0. The molecule has 0 radical (unpaired) electrons. The van der Waals surface area contributed by atoms with Crippen molar-refractivity contribution in [2.75, 3.05) is 9.80 Å². The predicted molar refractivity (Wildman–Crippen MR) is 505 cm³/mol. The van der Waals surface area contributed by atoms with Crippen molar-refractivity contribution < 1.29 is 0 Å². The van der Waals surface area contributed by atoms with Crippen LogP contribution in [0, 0.1) is 5.92 Å². The number of hydrogen-bond donors (Lipinski definition) is 0. The number of dihydropyridines is 1. The number of fused-ring (bicyclic) bond motifs is 7. The molecular formula is C114H74N6. The van der Waals surface area contributed by atoms with Gasteiger partial charge >= 0.3 is 0 Å². The van der Waals surface area contributed by atoms with Gasteiger partial charge in [0, 0.05) is 97.9 Å². The van der Waals surface area contributed by atoms with Gasteiger partial charge in [0.1, 0.15) is 6.04 Å². The minimum absolute atomic E-state index is 0.0510. The smallest absolute Gasteiger partial charge is 0.100 e. The van der Waals surface area contributed by atoms with Crippen LogP contribution < -0.4 is 9.80 Å². The molecule has 20 aromatic rings. The number of hydrogen-bond acceptors (Lipinski definition) is 6. The molecule has 4 aliphatic carbocycles. The second-order valence-corrected chi connectivity index (χ2v) is 31.5. The summed E-state index contributed by atoms with van der Waals surface area (Å²) in [5.74, 6) is 0.240. The fourth-order valence-electron chi connectivity index (χ4n) is 19.3. The van der Waals surface area contributed by atoms with Gasteiger partial charge in [-0.2, -0.15) is 0 Å². The molecule has 25 rings (SSSR count). The van der Waals surface area contributed by atoms with E-state index >= 15 is 0 Å². The number of anilines is 6. The van der Waals surface area contributed by atoms with Crippen molar-refractivity contribution in [2.24, 2.45) is 10.9 Å². The lowest BCUT2D eigenvalue weighted by Crippen LogP contribution is -2.29. The maximum atomic E-state index is 5.08. The average Bonchev–Trinajstić information content (AvgIpc) is 0.732. The summed E-state index contributed by atoms with van der Waals surface area (Å²) >= 11 is 0. The highest BCUT2D eigenvalue weighted by atomic mass is 15.1. The van der Waals surface area contributed by atoms with Crippen molar-refractivity contribution in [3.8, 4) is 33.4 Å². The third kappa shape index (κ3) is 12.0. The van der Waals surface area contributed by atoms with Crippen LogP contribution in [0.15, 0.2) is 470 Å². The Morgan fingerprint density at radius 1 is 0.292 bits per heavy atom. The van der Waals surface area contributed by atoms with Gasteiger partial charge in [0.15, 0.2) is 0 Å². The molecule has 3 aromatic heterocycles. The summed E-state index contributed by atoms with van der Waals surface area (Å²) in [5.41, 5.74) is 29.1. The Balaban J connectivity index is 0.000000105. The van der Waals surface area contributed by atoms with Gasteiger partial charge in [-0.15, -0.1) is 0 Å². The SMILES string of the molecule is C1=CC(c2cccc(-c3cccnc3)c2)=C2C=CC3=C4C(=CC=C1C24)C1N=CC(c2ccccc2)=CC1=C3.c1ccc(N(c2ccc(-c3ccc4ccc5cc6cccnc6c6ccc3c4c56)cc2)c2cccc3ccccc23)cc1.c1ccc(N(c2ccccc2)c2ccc(-c3ccc4ccc5cc6cccnc6c6ccc3c4c56)cc2)cc1. The zero-order valence-corrected chi connectivity index (χ0v) is 65.4. The molecule has 6 heteroatoms. The van der Waals surface area contributed by atoms with E-state index in [1.807, 2.05) is 43.0 Å². The number of aromatic nitrogens is 3. The standard InChI is InChI=1S/C41H26N2.C37H24N2.C36H24N2/c1-2-11-32(12-3-1)43(38-14-6-9-27-8-4-5-13-35(27)38)33-20-17-28(18-21-33)34-22-19-29-15-16-30-26-31-10-7-25-42-41(31)37-24-23-36(34)39(29)40(30)37;1-3-9-29(10-4-1)39(30-11-5-2-6-12-30)31-18-15-25(16-19-31)32-20-17-26-13-14-27-24-28-8-7-23-38-37(28)34-22-21-33(32)35(26)36(27)34;1-2-6-23(7-3-1)30-20-29-19-27-13-15-32-31(26-9-4-8-25(18-26)28-10-5-17-37-21-28)14-11-24-12-16-33(35(27)34(24)32)36(29)38-22-30/h1-26H;1-24H;1-22,34,36H. The third-order valence-corrected chi connectivity index (χ3v) is 24.7. The third-order valence-electron chi connectivity index (χ3n) is 24.7. The van der Waals surface area contributed by atoms with Gasteiger partial charge in [0.25, 0.3) is 0 Å². The molecule has 0 saturated heterocycles. The first-order valence-electron chi connectivity index (χ1n) is 41.2. The Labute approximate surface area is 695 Å². The summed E-state index contributed by atoms with van der Waals surface area (Å²) in [6, 6.07) is 128. The van der Waals surface area contributed by atoms with Gasteiger partial charge in [0.05, 0.1) is 16.7 Å². The average molecular weight is 1530 g/mol. The molecule has 2 unspecified atom stereocenters. The van der Waals surface area contributed by atoms with Crippen molar-refractivity contribution in [2.45, 2.75) is 6.04 Å². The highest BCUT2D eigenvalue weighted by molar-refractivity contribution is 6.31. The summed E-state index contributed by atoms with van der Waals surface area (Å²) in [6.45, 7) is 0. The highest BCUT2D eigenvalue weighted by Gasteiger charge is 2.39. The number of nitrogens with zero attached hydrogens (tertiary/aromatic N) is 6. The maximum Gasteiger partial charge on any atom is 0.100 e. The number of para-hydroxylation sites is 3. The van der Waals surface area contributed by atoms with Crippen molar-refractivity contribution in [1.29, 1.82) is 0 Å². The zero-order valence-electron chi connectivity index (χ0n) is 65.4. The normalized spacial score (nSPS) is 15.0. The summed E-state index contributed by atoms with van der Waals surface area (Å²) in [4.78, 5) is 23.5. The molecule has 4 heterocycles. The van der Waals surface area contributed by atoms with E-state index in [-0.39, 0.29) is 12.0 Å². The van der Waals surface area contributed by atoms with Gasteiger partial charge in [-0.1, -0.05) is 291 Å². The number of pyridine rings is 3. The number of benzene rings is 17. The summed E-state index contributed by atoms with van der Waals surface area (Å²) in [7, 11) is 0. The molecule has 6 nitrogen and oxygen atoms in total. The first kappa shape index (κ1) is 69.7. The molecule has 17 aromatic carbocycles. The summed E-state index contributed by atoms with van der Waals surface area (Å²) in [5, 5.41) is 20.1. The van der Waals surface area contributed by atoms with Crippen LogP contribution in [0.3, 0.4) is 0 Å². The first-order chi connectivity index (χ1) is 59.5. The van der Waals surface area contributed by atoms with Gasteiger partial charge in [-0.05, 0) is 258 Å². The Kier molecular flexibility index (Phi) is 17.0. The number of allylic oxidation sites excluding steroid dienone is 12. The zero-order chi connectivity index (χ0) is 79.1. The van der Waals surface area contributed by atoms with Gasteiger partial charge in [-0.3, -0.25) is 19.9 Å². The Morgan fingerprint density at radius 3 is 1.42 bits per heavy atom. The second kappa shape index (κ2) is 29.2. The van der Waals surface area contributed by atoms with E-state index in [1.54, 1.807) is 0 Å². The predicted octanol–water partition coefficient (Wildman–Crippen LogP) is 29.6. The van der Waals surface area contributed by atoms with Crippen molar-refractivity contribution in [3.63, 3.8) is 0 Å². The van der Waals surface area contributed by atoms with E-state index in [0.29, 0.717) is 0 Å². The largest absolute Gasteiger partial charge is 0.311 e. The number of aliphatic imine (C=N–C) groups is 1. The van der Waals surface area contributed by atoms with Crippen molar-refractivity contribution >= 4 is 149 Å². The maximum absolute atomic E-state index is 5.08. The lowest BCUT2D eigenvalue weighted by Gasteiger charge is -2.40. The fourth-order valence-corrected chi connectivity index (χ4v) is 19.3. The van der Waals surface area contributed by atoms with Crippen LogP contribution in [0.4, 0.5) is 34.1 Å². The van der Waals surface area contributed by atoms with Gasteiger partial charge in [-0.25, -0.2) is 0 Å². The molecule has 0 bridgehead atoms. The molecule has 0 fully saturated rings. The van der Waals surface area contributed by atoms with Crippen LogP contribution in [0.2, 0.25) is 0 Å². The lowest BCUT2D eigenvalue weighted by atomic mass is 9.65. The lowest BCUT2D eigenvalue weighted by molar-refractivity contribution is 0.786. The van der Waals surface area contributed by atoms with E-state index in [0.717, 1.165) is 45.0 Å². The molecule has 5 aliphatic rings. The number of rotatable bonds is 11. The van der Waals surface area contributed by atoms with Crippen LogP contribution in [-0.2, 0) is 0 Å². The van der Waals surface area contributed by atoms with E-state index in [1.165, 1.54) is 175 Å². The molecular weight excluding hydrogens is 1450 g/mol. The Bertz CT molecular complexity index is 7740. The van der Waals surface area contributed by atoms with E-state index in [2.05, 4.69) is 409 Å². The van der Waals surface area contributed by atoms with Crippen molar-refractivity contribution in [1.82, 2.24) is 15.0 Å². The summed E-state index contributed by atoms with van der Waals surface area (Å²) in [6.07, 6.45) is 28.1. The molecule has 120 heavy (non-hydrogen) atoms. The molecule has 1 aliphatic heterocycles. The molecule has 0 amide bonds. The minimum atomic E-state index is 0.0510. The van der Waals surface area contributed by atoms with Crippen LogP contribution in [-0.4, -0.2) is 27.2 Å². The first-order valence-corrected chi connectivity index (χ1v) is 41.2. The van der Waals surface area contributed by atoms with Crippen LogP contribution in [0.25, 0.3) is 142 Å². The van der Waals surface area contributed by atoms with Crippen molar-refractivity contribution in [3.05, 3.63) is 476 Å². The van der Waals surface area contributed by atoms with E-state index in [4.69, 9.17) is 15.0 Å².